The van der Waals surface area contributed by atoms with Crippen LogP contribution >= 0.6 is 15.9 Å². The summed E-state index contributed by atoms with van der Waals surface area (Å²) in [4.78, 5) is 0. The van der Waals surface area contributed by atoms with Gasteiger partial charge in [0.25, 0.3) is 0 Å². The monoisotopic (exact) mass is 343 g/mol. The molecule has 106 valence electrons. The van der Waals surface area contributed by atoms with Crippen LogP contribution < -0.4 is 5.32 Å². The number of rotatable bonds is 3. The second kappa shape index (κ2) is 5.96. The molecule has 1 atom stereocenters. The van der Waals surface area contributed by atoms with Gasteiger partial charge < -0.3 is 5.32 Å². The largest absolute Gasteiger partial charge is 0.309 e. The lowest BCUT2D eigenvalue weighted by Gasteiger charge is -2.19. The molecule has 3 heteroatoms. The molecule has 0 aromatic heterocycles. The number of benzene rings is 3. The number of halogens is 2. The number of hydrogen-bond donors (Lipinski definition) is 1. The molecule has 0 saturated carbocycles. The Labute approximate surface area is 131 Å². The standard InChI is InChI=1S/C18H15BrFN/c1-21-18(13-9-10-17(20)16(19)11-13)15-8-4-6-12-5-2-3-7-14(12)15/h2-11,18,21H,1H3. The molecule has 1 nitrogen and oxygen atoms in total. The van der Waals surface area contributed by atoms with Crippen molar-refractivity contribution in [2.75, 3.05) is 7.05 Å². The van der Waals surface area contributed by atoms with Crippen molar-refractivity contribution in [1.82, 2.24) is 5.32 Å². The van der Waals surface area contributed by atoms with Gasteiger partial charge in [-0.2, -0.15) is 0 Å². The topological polar surface area (TPSA) is 12.0 Å². The summed E-state index contributed by atoms with van der Waals surface area (Å²) >= 11 is 3.26. The van der Waals surface area contributed by atoms with Gasteiger partial charge in [-0.3, -0.25) is 0 Å². The fraction of sp³-hybridized carbons (Fsp3) is 0.111. The summed E-state index contributed by atoms with van der Waals surface area (Å²) in [7, 11) is 1.92. The second-order valence-electron chi connectivity index (χ2n) is 4.96. The fourth-order valence-corrected chi connectivity index (χ4v) is 3.09. The van der Waals surface area contributed by atoms with Crippen molar-refractivity contribution in [3.8, 4) is 0 Å². The predicted octanol–water partition coefficient (Wildman–Crippen LogP) is 5.05. The highest BCUT2D eigenvalue weighted by atomic mass is 79.9. The molecule has 0 aliphatic rings. The molecule has 0 saturated heterocycles. The van der Waals surface area contributed by atoms with E-state index in [1.54, 1.807) is 0 Å². The first-order valence-electron chi connectivity index (χ1n) is 6.80. The van der Waals surface area contributed by atoms with Crippen LogP contribution in [0.1, 0.15) is 17.2 Å². The Bertz CT molecular complexity index is 780. The normalized spacial score (nSPS) is 12.5. The third kappa shape index (κ3) is 2.71. The van der Waals surface area contributed by atoms with Gasteiger partial charge in [0.1, 0.15) is 5.82 Å². The molecule has 1 N–H and O–H groups in total. The molecule has 0 heterocycles. The zero-order valence-corrected chi connectivity index (χ0v) is 13.2. The van der Waals surface area contributed by atoms with E-state index in [9.17, 15) is 4.39 Å². The lowest BCUT2D eigenvalue weighted by Crippen LogP contribution is -2.18. The summed E-state index contributed by atoms with van der Waals surface area (Å²) in [5, 5.41) is 5.74. The number of nitrogens with one attached hydrogen (secondary N) is 1. The third-order valence-corrected chi connectivity index (χ3v) is 4.31. The summed E-state index contributed by atoms with van der Waals surface area (Å²) < 4.78 is 13.9. The Morgan fingerprint density at radius 3 is 2.52 bits per heavy atom. The highest BCUT2D eigenvalue weighted by molar-refractivity contribution is 9.10. The van der Waals surface area contributed by atoms with Crippen LogP contribution in [0, 0.1) is 5.82 Å². The zero-order chi connectivity index (χ0) is 14.8. The Morgan fingerprint density at radius 2 is 1.76 bits per heavy atom. The van der Waals surface area contributed by atoms with E-state index in [0.29, 0.717) is 4.47 Å². The highest BCUT2D eigenvalue weighted by Gasteiger charge is 2.15. The summed E-state index contributed by atoms with van der Waals surface area (Å²) in [5.74, 6) is -0.244. The molecule has 0 aliphatic carbocycles. The van der Waals surface area contributed by atoms with Crippen LogP contribution in [-0.4, -0.2) is 7.05 Å². The summed E-state index contributed by atoms with van der Waals surface area (Å²) in [5.41, 5.74) is 2.22. The molecule has 21 heavy (non-hydrogen) atoms. The minimum absolute atomic E-state index is 0.0213. The fourth-order valence-electron chi connectivity index (χ4n) is 2.70. The SMILES string of the molecule is CNC(c1ccc(F)c(Br)c1)c1cccc2ccccc12. The molecular formula is C18H15BrFN. The maximum absolute atomic E-state index is 13.5. The molecule has 0 bridgehead atoms. The Kier molecular flexibility index (Phi) is 4.04. The Balaban J connectivity index is 2.16. The van der Waals surface area contributed by atoms with Crippen LogP contribution in [0.4, 0.5) is 4.39 Å². The second-order valence-corrected chi connectivity index (χ2v) is 5.82. The average molecular weight is 344 g/mol. The van der Waals surface area contributed by atoms with Gasteiger partial charge in [0.2, 0.25) is 0 Å². The lowest BCUT2D eigenvalue weighted by molar-refractivity contribution is 0.617. The van der Waals surface area contributed by atoms with E-state index in [-0.39, 0.29) is 11.9 Å². The summed E-state index contributed by atoms with van der Waals surface area (Å²) in [6, 6.07) is 19.7. The van der Waals surface area contributed by atoms with E-state index >= 15 is 0 Å². The predicted molar refractivity (Wildman–Crippen MR) is 89.0 cm³/mol. The molecule has 3 aromatic carbocycles. The van der Waals surface area contributed by atoms with Gasteiger partial charge in [0.05, 0.1) is 10.5 Å². The Morgan fingerprint density at radius 1 is 1.00 bits per heavy atom. The van der Waals surface area contributed by atoms with Crippen molar-refractivity contribution in [3.05, 3.63) is 82.1 Å². The summed E-state index contributed by atoms with van der Waals surface area (Å²) in [6.45, 7) is 0. The van der Waals surface area contributed by atoms with Gasteiger partial charge in [0.15, 0.2) is 0 Å². The van der Waals surface area contributed by atoms with Gasteiger partial charge in [-0.25, -0.2) is 4.39 Å². The zero-order valence-electron chi connectivity index (χ0n) is 11.6. The first kappa shape index (κ1) is 14.2. The van der Waals surface area contributed by atoms with Crippen molar-refractivity contribution in [2.45, 2.75) is 6.04 Å². The average Bonchev–Trinajstić information content (AvgIpc) is 2.52. The molecule has 0 radical (unpaired) electrons. The third-order valence-electron chi connectivity index (χ3n) is 3.70. The molecular weight excluding hydrogens is 329 g/mol. The van der Waals surface area contributed by atoms with Crippen molar-refractivity contribution in [2.24, 2.45) is 0 Å². The molecule has 3 rings (SSSR count). The highest BCUT2D eigenvalue weighted by Crippen LogP contribution is 2.30. The van der Waals surface area contributed by atoms with Gasteiger partial charge in [0, 0.05) is 0 Å². The lowest BCUT2D eigenvalue weighted by atomic mass is 9.94. The van der Waals surface area contributed by atoms with Crippen molar-refractivity contribution in [1.29, 1.82) is 0 Å². The first-order chi connectivity index (χ1) is 10.2. The smallest absolute Gasteiger partial charge is 0.137 e. The van der Waals surface area contributed by atoms with Gasteiger partial charge in [-0.05, 0) is 57.0 Å². The summed E-state index contributed by atoms with van der Waals surface area (Å²) in [6.07, 6.45) is 0. The van der Waals surface area contributed by atoms with Crippen LogP contribution in [0.15, 0.2) is 65.1 Å². The molecule has 0 amide bonds. The quantitative estimate of drug-likeness (QED) is 0.701. The van der Waals surface area contributed by atoms with E-state index in [2.05, 4.69) is 51.6 Å². The molecule has 3 aromatic rings. The molecule has 0 spiro atoms. The van der Waals surface area contributed by atoms with Crippen molar-refractivity contribution < 1.29 is 4.39 Å². The van der Waals surface area contributed by atoms with Crippen molar-refractivity contribution in [3.63, 3.8) is 0 Å². The number of fused-ring (bicyclic) bond motifs is 1. The molecule has 0 fully saturated rings. The molecule has 0 aliphatic heterocycles. The Hall–Kier alpha value is -1.71. The van der Waals surface area contributed by atoms with Crippen LogP contribution in [0.3, 0.4) is 0 Å². The number of hydrogen-bond acceptors (Lipinski definition) is 1. The maximum atomic E-state index is 13.5. The van der Waals surface area contributed by atoms with E-state index in [1.807, 2.05) is 31.3 Å². The van der Waals surface area contributed by atoms with E-state index in [1.165, 1.54) is 22.4 Å². The maximum Gasteiger partial charge on any atom is 0.137 e. The van der Waals surface area contributed by atoms with Crippen LogP contribution in [0.2, 0.25) is 0 Å². The van der Waals surface area contributed by atoms with E-state index < -0.39 is 0 Å². The minimum Gasteiger partial charge on any atom is -0.309 e. The van der Waals surface area contributed by atoms with Gasteiger partial charge in [-0.1, -0.05) is 48.5 Å². The van der Waals surface area contributed by atoms with Crippen LogP contribution in [-0.2, 0) is 0 Å². The van der Waals surface area contributed by atoms with Crippen LogP contribution in [0.25, 0.3) is 10.8 Å². The van der Waals surface area contributed by atoms with Gasteiger partial charge in [-0.15, -0.1) is 0 Å². The van der Waals surface area contributed by atoms with E-state index in [0.717, 1.165) is 5.56 Å². The minimum atomic E-state index is -0.244. The first-order valence-corrected chi connectivity index (χ1v) is 7.60. The molecule has 1 unspecified atom stereocenters. The van der Waals surface area contributed by atoms with Gasteiger partial charge >= 0.3 is 0 Å². The van der Waals surface area contributed by atoms with Crippen molar-refractivity contribution >= 4 is 26.7 Å². The van der Waals surface area contributed by atoms with E-state index in [4.69, 9.17) is 0 Å². The van der Waals surface area contributed by atoms with Crippen LogP contribution in [0.5, 0.6) is 0 Å².